The van der Waals surface area contributed by atoms with E-state index in [9.17, 15) is 9.18 Å². The van der Waals surface area contributed by atoms with Crippen LogP contribution in [0.5, 0.6) is 0 Å². The maximum absolute atomic E-state index is 13.5. The number of halogens is 1. The number of nitrogens with one attached hydrogen (secondary N) is 1. The predicted octanol–water partition coefficient (Wildman–Crippen LogP) is 2.63. The number of nitrogen functional groups attached to an aromatic ring is 1. The van der Waals surface area contributed by atoms with Gasteiger partial charge in [0.1, 0.15) is 11.5 Å². The van der Waals surface area contributed by atoms with Gasteiger partial charge in [-0.1, -0.05) is 12.8 Å². The molecule has 1 aliphatic rings. The molecule has 1 fully saturated rings. The molecule has 0 aliphatic heterocycles. The van der Waals surface area contributed by atoms with Crippen LogP contribution in [0, 0.1) is 5.82 Å². The van der Waals surface area contributed by atoms with Gasteiger partial charge in [0.2, 0.25) is 0 Å². The number of pyridine rings is 1. The first kappa shape index (κ1) is 12.8. The first-order valence-corrected chi connectivity index (χ1v) is 6.80. The summed E-state index contributed by atoms with van der Waals surface area (Å²) in [5.74, 6) is -0.717. The number of benzene rings is 1. The molecule has 0 radical (unpaired) electrons. The van der Waals surface area contributed by atoms with E-state index in [1.807, 2.05) is 0 Å². The van der Waals surface area contributed by atoms with Gasteiger partial charge in [0, 0.05) is 28.7 Å². The van der Waals surface area contributed by atoms with Gasteiger partial charge in [0.25, 0.3) is 5.91 Å². The zero-order chi connectivity index (χ0) is 14.1. The Balaban J connectivity index is 2.00. The number of hydrogen-bond donors (Lipinski definition) is 2. The summed E-state index contributed by atoms with van der Waals surface area (Å²) in [6.45, 7) is 0. The van der Waals surface area contributed by atoms with E-state index in [0.29, 0.717) is 16.5 Å². The molecular weight excluding hydrogens is 257 g/mol. The number of fused-ring (bicyclic) bond motifs is 1. The minimum absolute atomic E-state index is 0.200. The van der Waals surface area contributed by atoms with Crippen LogP contribution in [-0.4, -0.2) is 16.9 Å². The number of nitrogens with two attached hydrogens (primary N) is 1. The molecule has 20 heavy (non-hydrogen) atoms. The van der Waals surface area contributed by atoms with E-state index in [0.717, 1.165) is 25.7 Å². The maximum Gasteiger partial charge on any atom is 0.270 e. The van der Waals surface area contributed by atoms with Crippen molar-refractivity contribution in [2.24, 2.45) is 0 Å². The smallest absolute Gasteiger partial charge is 0.270 e. The molecule has 1 aliphatic carbocycles. The van der Waals surface area contributed by atoms with Crippen molar-refractivity contribution >= 4 is 22.4 Å². The van der Waals surface area contributed by atoms with E-state index < -0.39 is 5.82 Å². The number of aromatic nitrogens is 1. The van der Waals surface area contributed by atoms with Crippen molar-refractivity contribution in [3.63, 3.8) is 0 Å². The molecule has 3 rings (SSSR count). The number of carbonyl (C=O) groups is 1. The first-order chi connectivity index (χ1) is 9.65. The van der Waals surface area contributed by atoms with Crippen LogP contribution in [0.2, 0.25) is 0 Å². The molecule has 0 atom stereocenters. The second-order valence-electron chi connectivity index (χ2n) is 5.20. The molecule has 4 nitrogen and oxygen atoms in total. The van der Waals surface area contributed by atoms with Crippen LogP contribution in [0.3, 0.4) is 0 Å². The Morgan fingerprint density at radius 3 is 2.80 bits per heavy atom. The van der Waals surface area contributed by atoms with Crippen molar-refractivity contribution in [1.82, 2.24) is 10.3 Å². The minimum atomic E-state index is -0.460. The highest BCUT2D eigenvalue weighted by Crippen LogP contribution is 2.25. The Hall–Kier alpha value is -2.17. The lowest BCUT2D eigenvalue weighted by Gasteiger charge is -2.13. The highest BCUT2D eigenvalue weighted by Gasteiger charge is 2.20. The summed E-state index contributed by atoms with van der Waals surface area (Å²) in [5, 5.41) is 4.07. The van der Waals surface area contributed by atoms with Gasteiger partial charge in [-0.2, -0.15) is 0 Å². The number of anilines is 1. The Morgan fingerprint density at radius 1 is 1.30 bits per heavy atom. The highest BCUT2D eigenvalue weighted by atomic mass is 19.1. The van der Waals surface area contributed by atoms with Crippen molar-refractivity contribution in [1.29, 1.82) is 0 Å². The Kier molecular flexibility index (Phi) is 3.26. The van der Waals surface area contributed by atoms with Crippen molar-refractivity contribution < 1.29 is 9.18 Å². The Morgan fingerprint density at radius 2 is 2.05 bits per heavy atom. The second kappa shape index (κ2) is 5.07. The standard InChI is InChI=1S/C15H16FN3O/c16-9-7-12-11(13(17)8-9)5-6-18-14(12)15(20)19-10-3-1-2-4-10/h5-8,10H,1-4,17H2,(H,19,20). The normalized spacial score (nSPS) is 15.7. The van der Waals surface area contributed by atoms with Crippen LogP contribution in [0.4, 0.5) is 10.1 Å². The summed E-state index contributed by atoms with van der Waals surface area (Å²) >= 11 is 0. The Labute approximate surface area is 116 Å². The summed E-state index contributed by atoms with van der Waals surface area (Å²) in [7, 11) is 0. The van der Waals surface area contributed by atoms with Gasteiger partial charge >= 0.3 is 0 Å². The monoisotopic (exact) mass is 273 g/mol. The van der Waals surface area contributed by atoms with Crippen molar-refractivity contribution in [3.8, 4) is 0 Å². The third-order valence-electron chi connectivity index (χ3n) is 3.78. The number of carbonyl (C=O) groups excluding carboxylic acids is 1. The molecule has 1 amide bonds. The lowest BCUT2D eigenvalue weighted by atomic mass is 10.1. The van der Waals surface area contributed by atoms with Gasteiger partial charge in [-0.05, 0) is 31.0 Å². The Bertz CT molecular complexity index is 665. The molecular formula is C15H16FN3O. The second-order valence-corrected chi connectivity index (χ2v) is 5.20. The quantitative estimate of drug-likeness (QED) is 0.826. The molecule has 1 aromatic heterocycles. The van der Waals surface area contributed by atoms with Gasteiger partial charge in [-0.25, -0.2) is 4.39 Å². The summed E-state index contributed by atoms with van der Waals surface area (Å²) in [6.07, 6.45) is 5.78. The van der Waals surface area contributed by atoms with Gasteiger partial charge in [0.05, 0.1) is 0 Å². The van der Waals surface area contributed by atoms with E-state index in [1.165, 1.54) is 18.3 Å². The number of amides is 1. The fourth-order valence-corrected chi connectivity index (χ4v) is 2.78. The van der Waals surface area contributed by atoms with E-state index in [1.54, 1.807) is 6.07 Å². The number of nitrogens with zero attached hydrogens (tertiary/aromatic N) is 1. The zero-order valence-electron chi connectivity index (χ0n) is 11.0. The van der Waals surface area contributed by atoms with E-state index in [4.69, 9.17) is 5.73 Å². The van der Waals surface area contributed by atoms with E-state index in [-0.39, 0.29) is 17.6 Å². The molecule has 1 aromatic carbocycles. The van der Waals surface area contributed by atoms with Crippen LogP contribution in [0.1, 0.15) is 36.2 Å². The molecule has 1 heterocycles. The average molecular weight is 273 g/mol. The maximum atomic E-state index is 13.5. The van der Waals surface area contributed by atoms with E-state index in [2.05, 4.69) is 10.3 Å². The minimum Gasteiger partial charge on any atom is -0.398 e. The first-order valence-electron chi connectivity index (χ1n) is 6.80. The van der Waals surface area contributed by atoms with E-state index >= 15 is 0 Å². The molecule has 2 aromatic rings. The lowest BCUT2D eigenvalue weighted by molar-refractivity contribution is 0.0934. The zero-order valence-corrected chi connectivity index (χ0v) is 11.0. The van der Waals surface area contributed by atoms with Crippen LogP contribution in [0.25, 0.3) is 10.8 Å². The van der Waals surface area contributed by atoms with Crippen LogP contribution in [-0.2, 0) is 0 Å². The molecule has 3 N–H and O–H groups in total. The fourth-order valence-electron chi connectivity index (χ4n) is 2.78. The van der Waals surface area contributed by atoms with Crippen molar-refractivity contribution in [2.45, 2.75) is 31.7 Å². The largest absolute Gasteiger partial charge is 0.398 e. The predicted molar refractivity (Wildman–Crippen MR) is 75.8 cm³/mol. The van der Waals surface area contributed by atoms with Gasteiger partial charge < -0.3 is 11.1 Å². The van der Waals surface area contributed by atoms with Crippen LogP contribution < -0.4 is 11.1 Å². The average Bonchev–Trinajstić information content (AvgIpc) is 2.90. The number of hydrogen-bond acceptors (Lipinski definition) is 3. The molecule has 0 bridgehead atoms. The highest BCUT2D eigenvalue weighted by molar-refractivity contribution is 6.08. The molecule has 5 heteroatoms. The van der Waals surface area contributed by atoms with Gasteiger partial charge in [-0.3, -0.25) is 9.78 Å². The third-order valence-corrected chi connectivity index (χ3v) is 3.78. The lowest BCUT2D eigenvalue weighted by Crippen LogP contribution is -2.33. The van der Waals surface area contributed by atoms with Crippen molar-refractivity contribution in [2.75, 3.05) is 5.73 Å². The molecule has 0 unspecified atom stereocenters. The molecule has 0 saturated heterocycles. The van der Waals surface area contributed by atoms with Crippen molar-refractivity contribution in [3.05, 3.63) is 35.9 Å². The van der Waals surface area contributed by atoms with Gasteiger partial charge in [-0.15, -0.1) is 0 Å². The fraction of sp³-hybridized carbons (Fsp3) is 0.333. The summed E-state index contributed by atoms with van der Waals surface area (Å²) in [6, 6.07) is 4.45. The molecule has 0 spiro atoms. The topological polar surface area (TPSA) is 68.0 Å². The molecule has 104 valence electrons. The summed E-state index contributed by atoms with van der Waals surface area (Å²) in [5.41, 5.74) is 6.34. The summed E-state index contributed by atoms with van der Waals surface area (Å²) in [4.78, 5) is 16.4. The van der Waals surface area contributed by atoms with Gasteiger partial charge in [0.15, 0.2) is 0 Å². The van der Waals surface area contributed by atoms with Crippen LogP contribution in [0.15, 0.2) is 24.4 Å². The van der Waals surface area contributed by atoms with Crippen LogP contribution >= 0.6 is 0 Å². The summed E-state index contributed by atoms with van der Waals surface area (Å²) < 4.78 is 13.5. The SMILES string of the molecule is Nc1cc(F)cc2c(C(=O)NC3CCCC3)nccc12. The molecule has 1 saturated carbocycles. The number of rotatable bonds is 2. The third kappa shape index (κ3) is 2.31.